The Morgan fingerprint density at radius 1 is 1.26 bits per heavy atom. The fourth-order valence-electron chi connectivity index (χ4n) is 1.73. The quantitative estimate of drug-likeness (QED) is 0.446. The van der Waals surface area contributed by atoms with Gasteiger partial charge >= 0.3 is 5.97 Å². The van der Waals surface area contributed by atoms with E-state index < -0.39 is 0 Å². The number of nitrogens with two attached hydrogens (primary N) is 1. The van der Waals surface area contributed by atoms with Crippen molar-refractivity contribution in [3.8, 4) is 5.75 Å². The van der Waals surface area contributed by atoms with Crippen molar-refractivity contribution in [3.63, 3.8) is 0 Å². The second kappa shape index (κ2) is 8.40. The second-order valence-corrected chi connectivity index (χ2v) is 4.51. The maximum absolute atomic E-state index is 11.1. The number of hydrogen-bond donors (Lipinski definition) is 1. The number of esters is 1. The Morgan fingerprint density at radius 3 is 2.79 bits per heavy atom. The molecule has 0 heterocycles. The Bertz CT molecular complexity index is 404. The molecule has 0 aliphatic rings. The van der Waals surface area contributed by atoms with Crippen LogP contribution in [0.25, 0.3) is 0 Å². The highest BCUT2D eigenvalue weighted by Gasteiger charge is 2.02. The standard InChI is InChI=1S/C15H23NO3/c1-3-18-15(17)7-5-4-6-10-19-14-11-12(2)8-9-13(14)16/h8-9,11H,3-7,10,16H2,1-2H3. The number of rotatable bonds is 8. The summed E-state index contributed by atoms with van der Waals surface area (Å²) in [6, 6.07) is 5.75. The highest BCUT2D eigenvalue weighted by Crippen LogP contribution is 2.22. The van der Waals surface area contributed by atoms with Gasteiger partial charge in [-0.25, -0.2) is 0 Å². The molecule has 106 valence electrons. The van der Waals surface area contributed by atoms with Gasteiger partial charge in [-0.15, -0.1) is 0 Å². The van der Waals surface area contributed by atoms with Crippen LogP contribution in [-0.4, -0.2) is 19.2 Å². The Labute approximate surface area is 114 Å². The summed E-state index contributed by atoms with van der Waals surface area (Å²) in [7, 11) is 0. The molecule has 0 aliphatic heterocycles. The van der Waals surface area contributed by atoms with E-state index in [2.05, 4.69) is 0 Å². The molecule has 0 saturated carbocycles. The molecule has 0 amide bonds. The zero-order chi connectivity index (χ0) is 14.1. The number of carbonyl (C=O) groups excluding carboxylic acids is 1. The molecule has 0 atom stereocenters. The van der Waals surface area contributed by atoms with Crippen LogP contribution in [0.15, 0.2) is 18.2 Å². The van der Waals surface area contributed by atoms with Crippen molar-refractivity contribution in [3.05, 3.63) is 23.8 Å². The number of benzene rings is 1. The number of aryl methyl sites for hydroxylation is 1. The van der Waals surface area contributed by atoms with Crippen molar-refractivity contribution in [2.45, 2.75) is 39.5 Å². The molecular formula is C15H23NO3. The van der Waals surface area contributed by atoms with E-state index >= 15 is 0 Å². The SMILES string of the molecule is CCOC(=O)CCCCCOc1cc(C)ccc1N. The lowest BCUT2D eigenvalue weighted by atomic mass is 10.2. The number of ether oxygens (including phenoxy) is 2. The van der Waals surface area contributed by atoms with Crippen molar-refractivity contribution >= 4 is 11.7 Å². The first-order valence-electron chi connectivity index (χ1n) is 6.78. The van der Waals surface area contributed by atoms with E-state index in [1.54, 1.807) is 0 Å². The van der Waals surface area contributed by atoms with E-state index in [1.165, 1.54) is 0 Å². The Hall–Kier alpha value is -1.71. The summed E-state index contributed by atoms with van der Waals surface area (Å²) in [5.74, 6) is 0.622. The van der Waals surface area contributed by atoms with Crippen LogP contribution >= 0.6 is 0 Å². The third kappa shape index (κ3) is 6.13. The van der Waals surface area contributed by atoms with Gasteiger partial charge in [-0.2, -0.15) is 0 Å². The molecule has 0 spiro atoms. The average Bonchev–Trinajstić information content (AvgIpc) is 2.38. The number of nitrogen functional groups attached to an aromatic ring is 1. The van der Waals surface area contributed by atoms with Crippen LogP contribution in [0.5, 0.6) is 5.75 Å². The smallest absolute Gasteiger partial charge is 0.305 e. The van der Waals surface area contributed by atoms with Gasteiger partial charge in [-0.3, -0.25) is 4.79 Å². The zero-order valence-corrected chi connectivity index (χ0v) is 11.8. The van der Waals surface area contributed by atoms with Gasteiger partial charge in [-0.05, 0) is 50.8 Å². The molecule has 2 N–H and O–H groups in total. The van der Waals surface area contributed by atoms with Crippen molar-refractivity contribution < 1.29 is 14.3 Å². The van der Waals surface area contributed by atoms with Gasteiger partial charge in [0.05, 0.1) is 18.9 Å². The molecule has 0 unspecified atom stereocenters. The lowest BCUT2D eigenvalue weighted by Gasteiger charge is -2.09. The summed E-state index contributed by atoms with van der Waals surface area (Å²) >= 11 is 0. The molecule has 4 heteroatoms. The third-order valence-electron chi connectivity index (χ3n) is 2.76. The molecule has 0 saturated heterocycles. The van der Waals surface area contributed by atoms with Crippen LogP contribution in [0.1, 0.15) is 38.2 Å². The Balaban J connectivity index is 2.14. The first-order valence-corrected chi connectivity index (χ1v) is 6.78. The summed E-state index contributed by atoms with van der Waals surface area (Å²) in [5, 5.41) is 0. The molecule has 1 rings (SSSR count). The first kappa shape index (κ1) is 15.3. The van der Waals surface area contributed by atoms with Crippen molar-refractivity contribution in [2.24, 2.45) is 0 Å². The zero-order valence-electron chi connectivity index (χ0n) is 11.8. The van der Waals surface area contributed by atoms with E-state index in [0.29, 0.717) is 25.3 Å². The van der Waals surface area contributed by atoms with Crippen molar-refractivity contribution in [1.29, 1.82) is 0 Å². The third-order valence-corrected chi connectivity index (χ3v) is 2.76. The van der Waals surface area contributed by atoms with E-state index in [9.17, 15) is 4.79 Å². The van der Waals surface area contributed by atoms with Crippen molar-refractivity contribution in [2.75, 3.05) is 18.9 Å². The van der Waals surface area contributed by atoms with Gasteiger partial charge in [0.25, 0.3) is 0 Å². The van der Waals surface area contributed by atoms with Crippen LogP contribution in [0.4, 0.5) is 5.69 Å². The minimum Gasteiger partial charge on any atom is -0.491 e. The maximum atomic E-state index is 11.1. The monoisotopic (exact) mass is 265 g/mol. The predicted molar refractivity (Wildman–Crippen MR) is 76.2 cm³/mol. The van der Waals surface area contributed by atoms with Crippen LogP contribution < -0.4 is 10.5 Å². The number of unbranched alkanes of at least 4 members (excludes halogenated alkanes) is 2. The minimum atomic E-state index is -0.119. The Morgan fingerprint density at radius 2 is 2.05 bits per heavy atom. The van der Waals surface area contributed by atoms with Crippen LogP contribution in [0.3, 0.4) is 0 Å². The van der Waals surface area contributed by atoms with E-state index in [0.717, 1.165) is 30.6 Å². The molecule has 0 aromatic heterocycles. The van der Waals surface area contributed by atoms with Gasteiger partial charge in [-0.1, -0.05) is 6.07 Å². The molecule has 0 aliphatic carbocycles. The molecule has 19 heavy (non-hydrogen) atoms. The maximum Gasteiger partial charge on any atom is 0.305 e. The van der Waals surface area contributed by atoms with Crippen molar-refractivity contribution in [1.82, 2.24) is 0 Å². The largest absolute Gasteiger partial charge is 0.491 e. The minimum absolute atomic E-state index is 0.119. The fraction of sp³-hybridized carbons (Fsp3) is 0.533. The highest BCUT2D eigenvalue weighted by molar-refractivity contribution is 5.69. The van der Waals surface area contributed by atoms with Crippen LogP contribution in [0, 0.1) is 6.92 Å². The van der Waals surface area contributed by atoms with Gasteiger partial charge in [0.15, 0.2) is 0 Å². The summed E-state index contributed by atoms with van der Waals surface area (Å²) in [6.07, 6.45) is 3.18. The van der Waals surface area contributed by atoms with Gasteiger partial charge in [0.2, 0.25) is 0 Å². The first-order chi connectivity index (χ1) is 9.13. The van der Waals surface area contributed by atoms with Gasteiger partial charge in [0, 0.05) is 6.42 Å². The molecule has 1 aromatic rings. The van der Waals surface area contributed by atoms with E-state index in [1.807, 2.05) is 32.0 Å². The highest BCUT2D eigenvalue weighted by atomic mass is 16.5. The molecule has 0 bridgehead atoms. The van der Waals surface area contributed by atoms with Gasteiger partial charge < -0.3 is 15.2 Å². The number of carbonyl (C=O) groups is 1. The molecule has 0 radical (unpaired) electrons. The Kier molecular flexibility index (Phi) is 6.79. The summed E-state index contributed by atoms with van der Waals surface area (Å²) < 4.78 is 10.5. The lowest BCUT2D eigenvalue weighted by Crippen LogP contribution is -2.04. The molecule has 1 aromatic carbocycles. The molecular weight excluding hydrogens is 242 g/mol. The summed E-state index contributed by atoms with van der Waals surface area (Å²) in [4.78, 5) is 11.1. The fourth-order valence-corrected chi connectivity index (χ4v) is 1.73. The molecule has 4 nitrogen and oxygen atoms in total. The van der Waals surface area contributed by atoms with E-state index in [4.69, 9.17) is 15.2 Å². The topological polar surface area (TPSA) is 61.5 Å². The average molecular weight is 265 g/mol. The predicted octanol–water partition coefficient (Wildman–Crippen LogP) is 3.08. The summed E-state index contributed by atoms with van der Waals surface area (Å²) in [5.41, 5.74) is 7.61. The summed E-state index contributed by atoms with van der Waals surface area (Å²) in [6.45, 7) is 4.90. The van der Waals surface area contributed by atoms with Crippen LogP contribution in [-0.2, 0) is 9.53 Å². The molecule has 0 fully saturated rings. The number of anilines is 1. The number of hydrogen-bond acceptors (Lipinski definition) is 4. The lowest BCUT2D eigenvalue weighted by molar-refractivity contribution is -0.143. The van der Waals surface area contributed by atoms with Crippen LogP contribution in [0.2, 0.25) is 0 Å². The van der Waals surface area contributed by atoms with Gasteiger partial charge in [0.1, 0.15) is 5.75 Å². The van der Waals surface area contributed by atoms with E-state index in [-0.39, 0.29) is 5.97 Å². The normalized spacial score (nSPS) is 10.2. The second-order valence-electron chi connectivity index (χ2n) is 4.51.